The molecule has 1 heterocycles. The number of ether oxygens (including phenoxy) is 1. The Labute approximate surface area is 135 Å². The number of halogens is 2. The van der Waals surface area contributed by atoms with E-state index in [1.807, 2.05) is 11.8 Å². The molecule has 0 spiro atoms. The minimum atomic E-state index is 0.106. The van der Waals surface area contributed by atoms with E-state index < -0.39 is 0 Å². The van der Waals surface area contributed by atoms with Crippen molar-refractivity contribution in [3.63, 3.8) is 0 Å². The number of piperidine rings is 1. The Morgan fingerprint density at radius 2 is 2.19 bits per heavy atom. The van der Waals surface area contributed by atoms with Gasteiger partial charge in [0.05, 0.1) is 23.1 Å². The number of likely N-dealkylation sites (tertiary alicyclic amines) is 1. The van der Waals surface area contributed by atoms with Gasteiger partial charge in [-0.25, -0.2) is 0 Å². The number of rotatable bonds is 4. The molecule has 0 bridgehead atoms. The standard InChI is InChI=1S/C15H20Cl2N2O2/c1-10-8-11(18)4-6-19(10)15(20)5-7-21-12-2-3-13(16)14(17)9-12/h2-3,9-11H,4-8,18H2,1H3/t10-,11-/m1/s1. The second-order valence-electron chi connectivity index (χ2n) is 5.39. The first kappa shape index (κ1) is 16.4. The van der Waals surface area contributed by atoms with E-state index >= 15 is 0 Å². The van der Waals surface area contributed by atoms with Crippen LogP contribution in [-0.4, -0.2) is 36.0 Å². The van der Waals surface area contributed by atoms with Crippen LogP contribution in [0.15, 0.2) is 18.2 Å². The highest BCUT2D eigenvalue weighted by molar-refractivity contribution is 6.42. The second-order valence-corrected chi connectivity index (χ2v) is 6.21. The van der Waals surface area contributed by atoms with Gasteiger partial charge in [0, 0.05) is 24.7 Å². The fourth-order valence-electron chi connectivity index (χ4n) is 2.55. The van der Waals surface area contributed by atoms with E-state index in [0.717, 1.165) is 19.4 Å². The summed E-state index contributed by atoms with van der Waals surface area (Å²) in [7, 11) is 0. The summed E-state index contributed by atoms with van der Waals surface area (Å²) in [4.78, 5) is 14.1. The lowest BCUT2D eigenvalue weighted by Gasteiger charge is -2.36. The Morgan fingerprint density at radius 3 is 2.86 bits per heavy atom. The van der Waals surface area contributed by atoms with Crippen molar-refractivity contribution >= 4 is 29.1 Å². The van der Waals surface area contributed by atoms with Crippen LogP contribution in [0.2, 0.25) is 10.0 Å². The maximum Gasteiger partial charge on any atom is 0.226 e. The number of hydrogen-bond donors (Lipinski definition) is 1. The third kappa shape index (κ3) is 4.50. The van der Waals surface area contributed by atoms with E-state index in [-0.39, 0.29) is 18.0 Å². The fourth-order valence-corrected chi connectivity index (χ4v) is 2.83. The summed E-state index contributed by atoms with van der Waals surface area (Å²) in [5, 5.41) is 0.928. The molecule has 0 aliphatic carbocycles. The Hall–Kier alpha value is -0.970. The Bertz CT molecular complexity index is 510. The lowest BCUT2D eigenvalue weighted by molar-refractivity contribution is -0.135. The Balaban J connectivity index is 1.80. The molecule has 2 N–H and O–H groups in total. The largest absolute Gasteiger partial charge is 0.493 e. The lowest BCUT2D eigenvalue weighted by Crippen LogP contribution is -2.48. The molecule has 0 saturated carbocycles. The number of carbonyl (C=O) groups excluding carboxylic acids is 1. The topological polar surface area (TPSA) is 55.6 Å². The highest BCUT2D eigenvalue weighted by Gasteiger charge is 2.26. The van der Waals surface area contributed by atoms with Crippen LogP contribution >= 0.6 is 23.2 Å². The van der Waals surface area contributed by atoms with Gasteiger partial charge in [-0.15, -0.1) is 0 Å². The van der Waals surface area contributed by atoms with Gasteiger partial charge in [0.15, 0.2) is 0 Å². The molecule has 0 radical (unpaired) electrons. The summed E-state index contributed by atoms with van der Waals surface area (Å²) in [5.74, 6) is 0.723. The van der Waals surface area contributed by atoms with Crippen LogP contribution in [0, 0.1) is 0 Å². The van der Waals surface area contributed by atoms with Gasteiger partial charge in [0.2, 0.25) is 5.91 Å². The molecular weight excluding hydrogens is 311 g/mol. The van der Waals surface area contributed by atoms with Gasteiger partial charge in [-0.2, -0.15) is 0 Å². The first-order valence-electron chi connectivity index (χ1n) is 7.10. The smallest absolute Gasteiger partial charge is 0.226 e. The zero-order valence-corrected chi connectivity index (χ0v) is 13.5. The van der Waals surface area contributed by atoms with Crippen molar-refractivity contribution in [1.29, 1.82) is 0 Å². The highest BCUT2D eigenvalue weighted by atomic mass is 35.5. The predicted molar refractivity (Wildman–Crippen MR) is 85.0 cm³/mol. The van der Waals surface area contributed by atoms with E-state index in [9.17, 15) is 4.79 Å². The van der Waals surface area contributed by atoms with Gasteiger partial charge in [-0.1, -0.05) is 23.2 Å². The maximum absolute atomic E-state index is 12.2. The first-order valence-corrected chi connectivity index (χ1v) is 7.86. The third-order valence-electron chi connectivity index (χ3n) is 3.71. The van der Waals surface area contributed by atoms with E-state index in [4.69, 9.17) is 33.7 Å². The number of benzene rings is 1. The predicted octanol–water partition coefficient (Wildman–Crippen LogP) is 3.10. The summed E-state index contributed by atoms with van der Waals surface area (Å²) in [6, 6.07) is 5.47. The number of carbonyl (C=O) groups is 1. The molecule has 1 aliphatic heterocycles. The molecule has 1 aromatic rings. The van der Waals surface area contributed by atoms with Crippen molar-refractivity contribution in [2.24, 2.45) is 5.73 Å². The lowest BCUT2D eigenvalue weighted by atomic mass is 9.99. The molecule has 116 valence electrons. The number of amides is 1. The van der Waals surface area contributed by atoms with Crippen LogP contribution in [0.1, 0.15) is 26.2 Å². The van der Waals surface area contributed by atoms with Crippen LogP contribution in [-0.2, 0) is 4.79 Å². The van der Waals surface area contributed by atoms with Gasteiger partial charge < -0.3 is 15.4 Å². The number of nitrogens with two attached hydrogens (primary N) is 1. The van der Waals surface area contributed by atoms with Crippen LogP contribution in [0.3, 0.4) is 0 Å². The van der Waals surface area contributed by atoms with Crippen molar-refractivity contribution in [2.45, 2.75) is 38.3 Å². The third-order valence-corrected chi connectivity index (χ3v) is 4.45. The average Bonchev–Trinajstić information content (AvgIpc) is 2.42. The molecule has 1 aliphatic rings. The molecule has 0 unspecified atom stereocenters. The van der Waals surface area contributed by atoms with Gasteiger partial charge in [-0.05, 0) is 31.9 Å². The maximum atomic E-state index is 12.2. The van der Waals surface area contributed by atoms with Crippen molar-refractivity contribution in [2.75, 3.05) is 13.2 Å². The van der Waals surface area contributed by atoms with Gasteiger partial charge in [0.1, 0.15) is 5.75 Å². The van der Waals surface area contributed by atoms with Gasteiger partial charge in [0.25, 0.3) is 0 Å². The molecule has 21 heavy (non-hydrogen) atoms. The van der Waals surface area contributed by atoms with E-state index in [1.165, 1.54) is 0 Å². The molecule has 0 aromatic heterocycles. The van der Waals surface area contributed by atoms with Crippen molar-refractivity contribution in [3.05, 3.63) is 28.2 Å². The van der Waals surface area contributed by atoms with Crippen LogP contribution < -0.4 is 10.5 Å². The normalized spacial score (nSPS) is 22.2. The average molecular weight is 331 g/mol. The fraction of sp³-hybridized carbons (Fsp3) is 0.533. The van der Waals surface area contributed by atoms with Crippen molar-refractivity contribution < 1.29 is 9.53 Å². The summed E-state index contributed by atoms with van der Waals surface area (Å²) in [6.45, 7) is 3.09. The SMILES string of the molecule is C[C@@H]1C[C@H](N)CCN1C(=O)CCOc1ccc(Cl)c(Cl)c1. The van der Waals surface area contributed by atoms with Crippen LogP contribution in [0.5, 0.6) is 5.75 Å². The van der Waals surface area contributed by atoms with Crippen LogP contribution in [0.4, 0.5) is 0 Å². The molecule has 2 atom stereocenters. The number of nitrogens with zero attached hydrogens (tertiary/aromatic N) is 1. The summed E-state index contributed by atoms with van der Waals surface area (Å²) < 4.78 is 5.54. The zero-order valence-electron chi connectivity index (χ0n) is 12.0. The molecule has 2 rings (SSSR count). The number of hydrogen-bond acceptors (Lipinski definition) is 3. The summed E-state index contributed by atoms with van der Waals surface area (Å²) in [5.41, 5.74) is 5.90. The zero-order chi connectivity index (χ0) is 15.4. The van der Waals surface area contributed by atoms with Gasteiger partial charge >= 0.3 is 0 Å². The summed E-state index contributed by atoms with van der Waals surface area (Å²) in [6.07, 6.45) is 2.07. The van der Waals surface area contributed by atoms with Crippen molar-refractivity contribution in [3.8, 4) is 5.75 Å². The molecule has 1 amide bonds. The second kappa shape index (κ2) is 7.34. The molecule has 1 saturated heterocycles. The highest BCUT2D eigenvalue weighted by Crippen LogP contribution is 2.26. The van der Waals surface area contributed by atoms with Crippen molar-refractivity contribution in [1.82, 2.24) is 4.90 Å². The van der Waals surface area contributed by atoms with Crippen LogP contribution in [0.25, 0.3) is 0 Å². The minimum Gasteiger partial charge on any atom is -0.493 e. The quantitative estimate of drug-likeness (QED) is 0.922. The Morgan fingerprint density at radius 1 is 1.43 bits per heavy atom. The molecule has 1 fully saturated rings. The molecule has 1 aromatic carbocycles. The monoisotopic (exact) mass is 330 g/mol. The molecule has 6 heteroatoms. The van der Waals surface area contributed by atoms with E-state index in [0.29, 0.717) is 28.8 Å². The Kier molecular flexibility index (Phi) is 5.73. The first-order chi connectivity index (χ1) is 9.97. The van der Waals surface area contributed by atoms with E-state index in [2.05, 4.69) is 0 Å². The summed E-state index contributed by atoms with van der Waals surface area (Å²) >= 11 is 11.7. The van der Waals surface area contributed by atoms with Gasteiger partial charge in [-0.3, -0.25) is 4.79 Å². The molecule has 4 nitrogen and oxygen atoms in total. The minimum absolute atomic E-state index is 0.106. The molecular formula is C15H20Cl2N2O2. The van der Waals surface area contributed by atoms with E-state index in [1.54, 1.807) is 18.2 Å².